The standard InChI is InChI=1S/C16H25NO/c1-16(2,18-3)15-6-4-5-14(12-15)11-13-7-9-17-10-8-13/h4-6,12-13,17H,7-11H2,1-3H3. The zero-order chi connectivity index (χ0) is 13.0. The Balaban J connectivity index is 2.07. The minimum atomic E-state index is -0.190. The Labute approximate surface area is 111 Å². The lowest BCUT2D eigenvalue weighted by atomic mass is 9.88. The van der Waals surface area contributed by atoms with E-state index in [0.717, 1.165) is 5.92 Å². The molecular weight excluding hydrogens is 222 g/mol. The summed E-state index contributed by atoms with van der Waals surface area (Å²) in [4.78, 5) is 0. The Hall–Kier alpha value is -0.860. The molecule has 1 heterocycles. The van der Waals surface area contributed by atoms with Crippen molar-refractivity contribution < 1.29 is 4.74 Å². The van der Waals surface area contributed by atoms with Crippen LogP contribution in [0, 0.1) is 5.92 Å². The fraction of sp³-hybridized carbons (Fsp3) is 0.625. The Morgan fingerprint density at radius 3 is 2.67 bits per heavy atom. The highest BCUT2D eigenvalue weighted by Gasteiger charge is 2.20. The van der Waals surface area contributed by atoms with Crippen LogP contribution < -0.4 is 5.32 Å². The highest BCUT2D eigenvalue weighted by atomic mass is 16.5. The molecule has 1 aliphatic heterocycles. The summed E-state index contributed by atoms with van der Waals surface area (Å²) in [5.74, 6) is 0.840. The van der Waals surface area contributed by atoms with Crippen molar-refractivity contribution in [3.63, 3.8) is 0 Å². The number of rotatable bonds is 4. The maximum atomic E-state index is 5.56. The predicted octanol–water partition coefficient (Wildman–Crippen LogP) is 3.11. The van der Waals surface area contributed by atoms with Crippen molar-refractivity contribution in [2.75, 3.05) is 20.2 Å². The molecule has 1 N–H and O–H groups in total. The van der Waals surface area contributed by atoms with Gasteiger partial charge in [-0.2, -0.15) is 0 Å². The highest BCUT2D eigenvalue weighted by molar-refractivity contribution is 5.28. The maximum absolute atomic E-state index is 5.56. The van der Waals surface area contributed by atoms with E-state index in [1.165, 1.54) is 43.5 Å². The van der Waals surface area contributed by atoms with Gasteiger partial charge in [-0.05, 0) is 63.2 Å². The second-order valence-electron chi connectivity index (χ2n) is 5.81. The van der Waals surface area contributed by atoms with Crippen LogP contribution in [0.15, 0.2) is 24.3 Å². The predicted molar refractivity (Wildman–Crippen MR) is 75.8 cm³/mol. The molecule has 0 aromatic heterocycles. The van der Waals surface area contributed by atoms with Crippen molar-refractivity contribution in [3.8, 4) is 0 Å². The van der Waals surface area contributed by atoms with Gasteiger partial charge in [0.05, 0.1) is 5.60 Å². The van der Waals surface area contributed by atoms with Crippen LogP contribution in [0.3, 0.4) is 0 Å². The smallest absolute Gasteiger partial charge is 0.0871 e. The van der Waals surface area contributed by atoms with Gasteiger partial charge in [-0.25, -0.2) is 0 Å². The zero-order valence-electron chi connectivity index (χ0n) is 11.8. The van der Waals surface area contributed by atoms with Gasteiger partial charge in [0.1, 0.15) is 0 Å². The first-order chi connectivity index (χ1) is 8.62. The molecule has 1 aliphatic rings. The van der Waals surface area contributed by atoms with Crippen molar-refractivity contribution in [2.24, 2.45) is 5.92 Å². The number of hydrogen-bond acceptors (Lipinski definition) is 2. The van der Waals surface area contributed by atoms with Crippen molar-refractivity contribution in [1.29, 1.82) is 0 Å². The van der Waals surface area contributed by atoms with Crippen LogP contribution in [0.2, 0.25) is 0 Å². The molecular formula is C16H25NO. The van der Waals surface area contributed by atoms with Gasteiger partial charge in [0.15, 0.2) is 0 Å². The van der Waals surface area contributed by atoms with Gasteiger partial charge in [-0.3, -0.25) is 0 Å². The van der Waals surface area contributed by atoms with E-state index in [1.807, 2.05) is 0 Å². The van der Waals surface area contributed by atoms with Gasteiger partial charge >= 0.3 is 0 Å². The molecule has 1 saturated heterocycles. The summed E-state index contributed by atoms with van der Waals surface area (Å²) in [7, 11) is 1.78. The average Bonchev–Trinajstić information content (AvgIpc) is 2.40. The SMILES string of the molecule is COC(C)(C)c1cccc(CC2CCNCC2)c1. The average molecular weight is 247 g/mol. The molecule has 0 saturated carbocycles. The van der Waals surface area contributed by atoms with Crippen LogP contribution in [0.1, 0.15) is 37.8 Å². The summed E-state index contributed by atoms with van der Waals surface area (Å²) in [6.45, 7) is 6.59. The van der Waals surface area contributed by atoms with E-state index in [4.69, 9.17) is 4.74 Å². The lowest BCUT2D eigenvalue weighted by Crippen LogP contribution is -2.28. The molecule has 0 amide bonds. The number of methoxy groups -OCH3 is 1. The normalized spacial score (nSPS) is 17.9. The van der Waals surface area contributed by atoms with E-state index in [9.17, 15) is 0 Å². The minimum absolute atomic E-state index is 0.190. The fourth-order valence-electron chi connectivity index (χ4n) is 2.61. The number of hydrogen-bond donors (Lipinski definition) is 1. The van der Waals surface area contributed by atoms with Crippen LogP contribution in [0.4, 0.5) is 0 Å². The molecule has 2 rings (SSSR count). The van der Waals surface area contributed by atoms with E-state index < -0.39 is 0 Å². The number of piperidine rings is 1. The topological polar surface area (TPSA) is 21.3 Å². The molecule has 2 heteroatoms. The second-order valence-corrected chi connectivity index (χ2v) is 5.81. The Bertz CT molecular complexity index is 380. The number of ether oxygens (including phenoxy) is 1. The Morgan fingerprint density at radius 2 is 2.00 bits per heavy atom. The molecule has 1 aromatic rings. The first-order valence-corrected chi connectivity index (χ1v) is 6.97. The maximum Gasteiger partial charge on any atom is 0.0871 e. The largest absolute Gasteiger partial charge is 0.374 e. The fourth-order valence-corrected chi connectivity index (χ4v) is 2.61. The van der Waals surface area contributed by atoms with Crippen molar-refractivity contribution in [3.05, 3.63) is 35.4 Å². The summed E-state index contributed by atoms with van der Waals surface area (Å²) in [6.07, 6.45) is 3.81. The van der Waals surface area contributed by atoms with Crippen LogP contribution in [-0.4, -0.2) is 20.2 Å². The second kappa shape index (κ2) is 5.85. The molecule has 0 unspecified atom stereocenters. The number of benzene rings is 1. The summed E-state index contributed by atoms with van der Waals surface area (Å²) in [5, 5.41) is 3.43. The highest BCUT2D eigenvalue weighted by Crippen LogP contribution is 2.26. The summed E-state index contributed by atoms with van der Waals surface area (Å²) in [6, 6.07) is 8.88. The van der Waals surface area contributed by atoms with Crippen LogP contribution in [-0.2, 0) is 16.8 Å². The summed E-state index contributed by atoms with van der Waals surface area (Å²) in [5.41, 5.74) is 2.53. The van der Waals surface area contributed by atoms with E-state index >= 15 is 0 Å². The third-order valence-electron chi connectivity index (χ3n) is 4.12. The molecule has 100 valence electrons. The third-order valence-corrected chi connectivity index (χ3v) is 4.12. The molecule has 0 atom stereocenters. The van der Waals surface area contributed by atoms with E-state index in [-0.39, 0.29) is 5.60 Å². The van der Waals surface area contributed by atoms with E-state index in [0.29, 0.717) is 0 Å². The molecule has 0 spiro atoms. The van der Waals surface area contributed by atoms with Gasteiger partial charge in [-0.15, -0.1) is 0 Å². The summed E-state index contributed by atoms with van der Waals surface area (Å²) >= 11 is 0. The molecule has 0 radical (unpaired) electrons. The van der Waals surface area contributed by atoms with Crippen LogP contribution in [0.25, 0.3) is 0 Å². The number of nitrogens with one attached hydrogen (secondary N) is 1. The van der Waals surface area contributed by atoms with Crippen LogP contribution >= 0.6 is 0 Å². The van der Waals surface area contributed by atoms with Crippen molar-refractivity contribution >= 4 is 0 Å². The zero-order valence-corrected chi connectivity index (χ0v) is 11.8. The van der Waals surface area contributed by atoms with Gasteiger partial charge in [0.25, 0.3) is 0 Å². The minimum Gasteiger partial charge on any atom is -0.374 e. The van der Waals surface area contributed by atoms with Gasteiger partial charge < -0.3 is 10.1 Å². The lowest BCUT2D eigenvalue weighted by molar-refractivity contribution is 0.0191. The van der Waals surface area contributed by atoms with Gasteiger partial charge in [0, 0.05) is 7.11 Å². The first-order valence-electron chi connectivity index (χ1n) is 6.97. The van der Waals surface area contributed by atoms with Crippen LogP contribution in [0.5, 0.6) is 0 Å². The van der Waals surface area contributed by atoms with E-state index in [1.54, 1.807) is 7.11 Å². The molecule has 1 aromatic carbocycles. The Kier molecular flexibility index (Phi) is 4.41. The van der Waals surface area contributed by atoms with Gasteiger partial charge in [-0.1, -0.05) is 24.3 Å². The molecule has 18 heavy (non-hydrogen) atoms. The van der Waals surface area contributed by atoms with Gasteiger partial charge in [0.2, 0.25) is 0 Å². The molecule has 0 bridgehead atoms. The van der Waals surface area contributed by atoms with E-state index in [2.05, 4.69) is 43.4 Å². The summed E-state index contributed by atoms with van der Waals surface area (Å²) < 4.78 is 5.56. The molecule has 0 aliphatic carbocycles. The van der Waals surface area contributed by atoms with Crippen molar-refractivity contribution in [1.82, 2.24) is 5.32 Å². The third kappa shape index (κ3) is 3.33. The quantitative estimate of drug-likeness (QED) is 0.882. The first kappa shape index (κ1) is 13.6. The Morgan fingerprint density at radius 1 is 1.28 bits per heavy atom. The molecule has 1 fully saturated rings. The van der Waals surface area contributed by atoms with Crippen molar-refractivity contribution in [2.45, 2.75) is 38.7 Å². The monoisotopic (exact) mass is 247 g/mol. The molecule has 2 nitrogen and oxygen atoms in total. The lowest BCUT2D eigenvalue weighted by Gasteiger charge is -2.26.